The minimum atomic E-state index is -0.0815. The first-order valence-electron chi connectivity index (χ1n) is 12.6. The molecule has 1 heteroatoms. The lowest BCUT2D eigenvalue weighted by atomic mass is 9.77. The Bertz CT molecular complexity index is 976. The average molecular weight is 429 g/mol. The molecule has 3 aromatic carbocycles. The second-order valence-electron chi connectivity index (χ2n) is 9.61. The summed E-state index contributed by atoms with van der Waals surface area (Å²) in [6.45, 7) is 4.46. The summed E-state index contributed by atoms with van der Waals surface area (Å²) in [4.78, 5) is 0. The number of hydrogen-bond donors (Lipinski definition) is 0. The van der Waals surface area contributed by atoms with E-state index in [1.54, 1.807) is 6.07 Å². The van der Waals surface area contributed by atoms with Crippen LogP contribution < -0.4 is 0 Å². The van der Waals surface area contributed by atoms with E-state index < -0.39 is 0 Å². The highest BCUT2D eigenvalue weighted by atomic mass is 19.1. The molecular formula is C31H37F. The molecular weight excluding hydrogens is 391 g/mol. The quantitative estimate of drug-likeness (QED) is 0.336. The van der Waals surface area contributed by atoms with Crippen molar-refractivity contribution in [1.82, 2.24) is 0 Å². The summed E-state index contributed by atoms with van der Waals surface area (Å²) in [6, 6.07) is 23.3. The number of benzene rings is 3. The fraction of sp³-hybridized carbons (Fsp3) is 0.419. The normalized spacial score (nSPS) is 18.6. The Morgan fingerprint density at radius 1 is 0.719 bits per heavy atom. The van der Waals surface area contributed by atoms with E-state index >= 15 is 4.39 Å². The zero-order valence-corrected chi connectivity index (χ0v) is 19.7. The van der Waals surface area contributed by atoms with Gasteiger partial charge in [0.1, 0.15) is 5.82 Å². The van der Waals surface area contributed by atoms with E-state index in [1.165, 1.54) is 60.8 Å². The molecule has 0 aromatic heterocycles. The van der Waals surface area contributed by atoms with E-state index in [-0.39, 0.29) is 5.82 Å². The van der Waals surface area contributed by atoms with Crippen molar-refractivity contribution in [1.29, 1.82) is 0 Å². The zero-order chi connectivity index (χ0) is 22.3. The summed E-state index contributed by atoms with van der Waals surface area (Å²) < 4.78 is 15.0. The molecule has 0 bridgehead atoms. The minimum absolute atomic E-state index is 0.0815. The van der Waals surface area contributed by atoms with Crippen molar-refractivity contribution in [3.05, 3.63) is 94.8 Å². The molecule has 1 aliphatic rings. The van der Waals surface area contributed by atoms with Gasteiger partial charge in [-0.15, -0.1) is 0 Å². The van der Waals surface area contributed by atoms with Crippen molar-refractivity contribution >= 4 is 0 Å². The average Bonchev–Trinajstić information content (AvgIpc) is 2.84. The Balaban J connectivity index is 1.37. The predicted molar refractivity (Wildman–Crippen MR) is 135 cm³/mol. The van der Waals surface area contributed by atoms with Crippen molar-refractivity contribution in [2.45, 2.75) is 77.6 Å². The summed E-state index contributed by atoms with van der Waals surface area (Å²) in [7, 11) is 0. The molecule has 0 radical (unpaired) electrons. The minimum Gasteiger partial charge on any atom is -0.206 e. The van der Waals surface area contributed by atoms with Gasteiger partial charge in [0, 0.05) is 5.56 Å². The van der Waals surface area contributed by atoms with Crippen LogP contribution in [0.1, 0.15) is 80.5 Å². The molecule has 4 rings (SSSR count). The lowest BCUT2D eigenvalue weighted by molar-refractivity contribution is 0.308. The van der Waals surface area contributed by atoms with Crippen molar-refractivity contribution < 1.29 is 4.39 Å². The van der Waals surface area contributed by atoms with Crippen LogP contribution >= 0.6 is 0 Å². The molecule has 3 aromatic rings. The van der Waals surface area contributed by atoms with Crippen LogP contribution in [0.4, 0.5) is 4.39 Å². The van der Waals surface area contributed by atoms with Crippen LogP contribution in [0.25, 0.3) is 11.1 Å². The van der Waals surface area contributed by atoms with Crippen LogP contribution in [0.15, 0.2) is 66.7 Å². The number of aryl methyl sites for hydroxylation is 3. The van der Waals surface area contributed by atoms with Crippen molar-refractivity contribution in [2.24, 2.45) is 5.92 Å². The van der Waals surface area contributed by atoms with Gasteiger partial charge >= 0.3 is 0 Å². The number of rotatable bonds is 8. The van der Waals surface area contributed by atoms with Gasteiger partial charge in [0.15, 0.2) is 0 Å². The third-order valence-electron chi connectivity index (χ3n) is 7.41. The van der Waals surface area contributed by atoms with Gasteiger partial charge in [0.25, 0.3) is 0 Å². The smallest absolute Gasteiger partial charge is 0.131 e. The van der Waals surface area contributed by atoms with Gasteiger partial charge in [-0.05, 0) is 90.7 Å². The first-order valence-corrected chi connectivity index (χ1v) is 12.6. The van der Waals surface area contributed by atoms with Gasteiger partial charge in [-0.1, -0.05) is 87.4 Å². The molecule has 168 valence electrons. The van der Waals surface area contributed by atoms with Crippen LogP contribution in [-0.2, 0) is 19.3 Å². The second kappa shape index (κ2) is 10.9. The third kappa shape index (κ3) is 5.68. The third-order valence-corrected chi connectivity index (χ3v) is 7.41. The highest BCUT2D eigenvalue weighted by Gasteiger charge is 2.22. The summed E-state index contributed by atoms with van der Waals surface area (Å²) in [5.74, 6) is 1.33. The Morgan fingerprint density at radius 3 is 1.88 bits per heavy atom. The summed E-state index contributed by atoms with van der Waals surface area (Å²) >= 11 is 0. The molecule has 0 amide bonds. The Morgan fingerprint density at radius 2 is 1.31 bits per heavy atom. The highest BCUT2D eigenvalue weighted by molar-refractivity contribution is 5.65. The van der Waals surface area contributed by atoms with Gasteiger partial charge < -0.3 is 0 Å². The Hall–Kier alpha value is -2.41. The molecule has 0 saturated heterocycles. The van der Waals surface area contributed by atoms with Gasteiger partial charge in [-0.2, -0.15) is 0 Å². The maximum absolute atomic E-state index is 15.0. The second-order valence-corrected chi connectivity index (χ2v) is 9.61. The van der Waals surface area contributed by atoms with Gasteiger partial charge in [-0.3, -0.25) is 0 Å². The lowest BCUT2D eigenvalue weighted by Crippen LogP contribution is -2.13. The van der Waals surface area contributed by atoms with Crippen molar-refractivity contribution in [3.63, 3.8) is 0 Å². The van der Waals surface area contributed by atoms with E-state index in [9.17, 15) is 0 Å². The summed E-state index contributed by atoms with van der Waals surface area (Å²) in [5.41, 5.74) is 6.93. The van der Waals surface area contributed by atoms with E-state index in [0.717, 1.165) is 36.3 Å². The van der Waals surface area contributed by atoms with Gasteiger partial charge in [0.2, 0.25) is 0 Å². The van der Waals surface area contributed by atoms with Crippen LogP contribution in [0.5, 0.6) is 0 Å². The first kappa shape index (κ1) is 22.8. The van der Waals surface area contributed by atoms with Crippen molar-refractivity contribution in [2.75, 3.05) is 0 Å². The van der Waals surface area contributed by atoms with E-state index in [0.29, 0.717) is 5.92 Å². The maximum atomic E-state index is 15.0. The van der Waals surface area contributed by atoms with Crippen LogP contribution in [-0.4, -0.2) is 0 Å². The SMILES string of the molecule is CCCC1CCC(c2ccc(-c3ccc(CCc4ccc(CC)cc4)cc3)c(F)c2)CC1. The number of hydrogen-bond acceptors (Lipinski definition) is 0. The highest BCUT2D eigenvalue weighted by Crippen LogP contribution is 2.38. The maximum Gasteiger partial charge on any atom is 0.131 e. The van der Waals surface area contributed by atoms with E-state index in [4.69, 9.17) is 0 Å². The molecule has 0 aliphatic heterocycles. The van der Waals surface area contributed by atoms with Gasteiger partial charge in [-0.25, -0.2) is 4.39 Å². The molecule has 1 saturated carbocycles. The molecule has 0 heterocycles. The molecule has 1 fully saturated rings. The molecule has 0 N–H and O–H groups in total. The van der Waals surface area contributed by atoms with Gasteiger partial charge in [0.05, 0.1) is 0 Å². The predicted octanol–water partition coefficient (Wildman–Crippen LogP) is 8.91. The van der Waals surface area contributed by atoms with Crippen molar-refractivity contribution in [3.8, 4) is 11.1 Å². The molecule has 0 atom stereocenters. The molecule has 0 unspecified atom stereocenters. The van der Waals surface area contributed by atoms with Crippen LogP contribution in [0, 0.1) is 11.7 Å². The van der Waals surface area contributed by atoms with E-state index in [1.807, 2.05) is 6.07 Å². The summed E-state index contributed by atoms with van der Waals surface area (Å²) in [6.07, 6.45) is 10.8. The lowest BCUT2D eigenvalue weighted by Gasteiger charge is -2.28. The fourth-order valence-electron chi connectivity index (χ4n) is 5.29. The molecule has 32 heavy (non-hydrogen) atoms. The Labute approximate surface area is 193 Å². The van der Waals surface area contributed by atoms with Crippen LogP contribution in [0.3, 0.4) is 0 Å². The summed E-state index contributed by atoms with van der Waals surface area (Å²) in [5, 5.41) is 0. The standard InChI is InChI=1S/C31H37F/c1-3-5-24-12-16-27(17-13-24)29-20-21-30(31(32)22-29)28-18-14-26(15-19-28)11-10-25-8-6-23(4-2)7-9-25/h6-9,14-15,18-22,24,27H,3-5,10-13,16-17H2,1-2H3. The Kier molecular flexibility index (Phi) is 7.79. The first-order chi connectivity index (χ1) is 15.7. The monoisotopic (exact) mass is 428 g/mol. The topological polar surface area (TPSA) is 0 Å². The largest absolute Gasteiger partial charge is 0.206 e. The molecule has 0 spiro atoms. The molecule has 1 aliphatic carbocycles. The zero-order valence-electron chi connectivity index (χ0n) is 19.7. The number of halogens is 1. The van der Waals surface area contributed by atoms with E-state index in [2.05, 4.69) is 68.4 Å². The van der Waals surface area contributed by atoms with Crippen LogP contribution in [0.2, 0.25) is 0 Å². The molecule has 0 nitrogen and oxygen atoms in total. The fourth-order valence-corrected chi connectivity index (χ4v) is 5.29.